The van der Waals surface area contributed by atoms with Gasteiger partial charge < -0.3 is 14.2 Å². The summed E-state index contributed by atoms with van der Waals surface area (Å²) >= 11 is 0. The minimum atomic E-state index is -0.0637. The highest BCUT2D eigenvalue weighted by Crippen LogP contribution is 2.23. The summed E-state index contributed by atoms with van der Waals surface area (Å²) in [5, 5.41) is 1.51. The van der Waals surface area contributed by atoms with Crippen molar-refractivity contribution in [2.75, 3.05) is 20.2 Å². The summed E-state index contributed by atoms with van der Waals surface area (Å²) in [6, 6.07) is 12.9. The van der Waals surface area contributed by atoms with E-state index in [9.17, 15) is 9.59 Å². The molecule has 156 valence electrons. The molecular weight excluding hydrogens is 392 g/mol. The first-order chi connectivity index (χ1) is 15.0. The molecule has 5 rings (SSSR count). The van der Waals surface area contributed by atoms with Gasteiger partial charge in [-0.25, -0.2) is 4.98 Å². The maximum Gasteiger partial charge on any atom is 0.258 e. The van der Waals surface area contributed by atoms with E-state index in [4.69, 9.17) is 9.72 Å². The van der Waals surface area contributed by atoms with Crippen LogP contribution in [0.15, 0.2) is 59.7 Å². The SMILES string of the molecule is CN(CC1CCO1)C(=O)c1ccc2ncc(-c3ccc4c(=O)n(C)ccc4c3)nc2c1. The number of aromatic nitrogens is 3. The fraction of sp³-hybridized carbons (Fsp3) is 0.250. The zero-order chi connectivity index (χ0) is 21.5. The van der Waals surface area contributed by atoms with Crippen LogP contribution in [0.3, 0.4) is 0 Å². The molecule has 0 N–H and O–H groups in total. The molecule has 1 amide bonds. The van der Waals surface area contributed by atoms with Crippen molar-refractivity contribution in [1.29, 1.82) is 0 Å². The number of rotatable bonds is 4. The number of pyridine rings is 1. The molecule has 0 spiro atoms. The van der Waals surface area contributed by atoms with Crippen molar-refractivity contribution in [3.8, 4) is 11.3 Å². The van der Waals surface area contributed by atoms with Crippen LogP contribution in [0.1, 0.15) is 16.8 Å². The summed E-state index contributed by atoms with van der Waals surface area (Å²) in [6.45, 7) is 1.35. The second-order valence-corrected chi connectivity index (χ2v) is 7.96. The molecule has 0 saturated carbocycles. The number of nitrogens with zero attached hydrogens (tertiary/aromatic N) is 4. The van der Waals surface area contributed by atoms with Crippen molar-refractivity contribution >= 4 is 27.7 Å². The third-order valence-electron chi connectivity index (χ3n) is 5.78. The number of benzene rings is 2. The first-order valence-corrected chi connectivity index (χ1v) is 10.2. The van der Waals surface area contributed by atoms with E-state index in [1.165, 1.54) is 0 Å². The lowest BCUT2D eigenvalue weighted by atomic mass is 10.1. The van der Waals surface area contributed by atoms with Gasteiger partial charge in [-0.15, -0.1) is 0 Å². The summed E-state index contributed by atoms with van der Waals surface area (Å²) in [5.41, 5.74) is 3.47. The maximum absolute atomic E-state index is 12.8. The first-order valence-electron chi connectivity index (χ1n) is 10.2. The Balaban J connectivity index is 1.49. The van der Waals surface area contributed by atoms with E-state index in [2.05, 4.69) is 4.98 Å². The van der Waals surface area contributed by atoms with Gasteiger partial charge in [-0.3, -0.25) is 14.6 Å². The zero-order valence-electron chi connectivity index (χ0n) is 17.4. The lowest BCUT2D eigenvalue weighted by Crippen LogP contribution is -2.40. The number of amides is 1. The minimum Gasteiger partial charge on any atom is -0.376 e. The molecule has 1 saturated heterocycles. The van der Waals surface area contributed by atoms with Crippen LogP contribution in [-0.4, -0.2) is 51.6 Å². The second-order valence-electron chi connectivity index (χ2n) is 7.96. The Morgan fingerprint density at radius 2 is 2.03 bits per heavy atom. The Morgan fingerprint density at radius 3 is 2.81 bits per heavy atom. The van der Waals surface area contributed by atoms with E-state index in [0.29, 0.717) is 28.7 Å². The monoisotopic (exact) mass is 414 g/mol. The Kier molecular flexibility index (Phi) is 4.75. The van der Waals surface area contributed by atoms with Gasteiger partial charge >= 0.3 is 0 Å². The second kappa shape index (κ2) is 7.59. The molecule has 7 nitrogen and oxygen atoms in total. The number of ether oxygens (including phenoxy) is 1. The van der Waals surface area contributed by atoms with Crippen LogP contribution in [0.2, 0.25) is 0 Å². The van der Waals surface area contributed by atoms with Crippen LogP contribution in [0, 0.1) is 0 Å². The van der Waals surface area contributed by atoms with E-state index in [0.717, 1.165) is 29.5 Å². The van der Waals surface area contributed by atoms with Gasteiger partial charge in [-0.2, -0.15) is 0 Å². The number of carbonyl (C=O) groups excluding carboxylic acids is 1. The Bertz CT molecular complexity index is 1370. The molecule has 1 unspecified atom stereocenters. The Morgan fingerprint density at radius 1 is 1.19 bits per heavy atom. The molecule has 0 radical (unpaired) electrons. The highest BCUT2D eigenvalue weighted by Gasteiger charge is 2.23. The van der Waals surface area contributed by atoms with Gasteiger partial charge in [0.1, 0.15) is 0 Å². The maximum atomic E-state index is 12.8. The number of carbonyl (C=O) groups is 1. The summed E-state index contributed by atoms with van der Waals surface area (Å²) in [6.07, 6.45) is 4.59. The molecule has 2 aromatic heterocycles. The number of fused-ring (bicyclic) bond motifs is 2. The van der Waals surface area contributed by atoms with Crippen molar-refractivity contribution < 1.29 is 9.53 Å². The fourth-order valence-corrected chi connectivity index (χ4v) is 3.83. The van der Waals surface area contributed by atoms with Crippen LogP contribution < -0.4 is 5.56 Å². The van der Waals surface area contributed by atoms with Crippen molar-refractivity contribution in [3.63, 3.8) is 0 Å². The fourth-order valence-electron chi connectivity index (χ4n) is 3.83. The van der Waals surface area contributed by atoms with Crippen molar-refractivity contribution in [2.45, 2.75) is 12.5 Å². The van der Waals surface area contributed by atoms with Gasteiger partial charge in [0.2, 0.25) is 0 Å². The van der Waals surface area contributed by atoms with Gasteiger partial charge in [-0.05, 0) is 48.2 Å². The summed E-state index contributed by atoms with van der Waals surface area (Å²) < 4.78 is 6.99. The van der Waals surface area contributed by atoms with Crippen LogP contribution in [0.5, 0.6) is 0 Å². The van der Waals surface area contributed by atoms with E-state index in [1.54, 1.807) is 48.1 Å². The quantitative estimate of drug-likeness (QED) is 0.513. The Hall–Kier alpha value is -3.58. The van der Waals surface area contributed by atoms with E-state index < -0.39 is 0 Å². The first kappa shape index (κ1) is 19.4. The minimum absolute atomic E-state index is 0.0341. The average Bonchev–Trinajstić information content (AvgIpc) is 2.77. The van der Waals surface area contributed by atoms with Gasteiger partial charge in [0.05, 0.1) is 29.0 Å². The van der Waals surface area contributed by atoms with Crippen molar-refractivity contribution in [1.82, 2.24) is 19.4 Å². The van der Waals surface area contributed by atoms with Crippen LogP contribution in [0.25, 0.3) is 33.1 Å². The third kappa shape index (κ3) is 3.57. The van der Waals surface area contributed by atoms with Gasteiger partial charge in [0, 0.05) is 50.0 Å². The molecule has 0 aliphatic carbocycles. The highest BCUT2D eigenvalue weighted by molar-refractivity contribution is 5.97. The lowest BCUT2D eigenvalue weighted by Gasteiger charge is -2.30. The predicted molar refractivity (Wildman–Crippen MR) is 119 cm³/mol. The number of likely N-dealkylation sites (N-methyl/N-ethyl adjacent to an activating group) is 1. The number of aryl methyl sites for hydroxylation is 1. The summed E-state index contributed by atoms with van der Waals surface area (Å²) in [4.78, 5) is 36.0. The predicted octanol–water partition coefficient (Wildman–Crippen LogP) is 3.01. The summed E-state index contributed by atoms with van der Waals surface area (Å²) in [5.74, 6) is -0.0637. The number of hydrogen-bond donors (Lipinski definition) is 0. The normalized spacial score (nSPS) is 15.7. The molecule has 7 heteroatoms. The summed E-state index contributed by atoms with van der Waals surface area (Å²) in [7, 11) is 3.52. The molecule has 1 fully saturated rings. The molecule has 1 aliphatic rings. The topological polar surface area (TPSA) is 77.3 Å². The zero-order valence-corrected chi connectivity index (χ0v) is 17.4. The van der Waals surface area contributed by atoms with E-state index >= 15 is 0 Å². The molecular formula is C24H22N4O3. The highest BCUT2D eigenvalue weighted by atomic mass is 16.5. The van der Waals surface area contributed by atoms with Crippen LogP contribution in [-0.2, 0) is 11.8 Å². The largest absolute Gasteiger partial charge is 0.376 e. The average molecular weight is 414 g/mol. The molecule has 2 aromatic carbocycles. The van der Waals surface area contributed by atoms with Gasteiger partial charge in [-0.1, -0.05) is 6.07 Å². The van der Waals surface area contributed by atoms with Gasteiger partial charge in [0.25, 0.3) is 11.5 Å². The van der Waals surface area contributed by atoms with Crippen molar-refractivity contribution in [2.24, 2.45) is 7.05 Å². The Labute approximate surface area is 178 Å². The van der Waals surface area contributed by atoms with Gasteiger partial charge in [0.15, 0.2) is 0 Å². The van der Waals surface area contributed by atoms with Crippen molar-refractivity contribution in [3.05, 3.63) is 70.8 Å². The standard InChI is InChI=1S/C24H22N4O3/c1-27-9-7-15-11-16(3-5-19(15)24(27)30)22-13-25-20-6-4-17(12-21(20)26-22)23(29)28(2)14-18-8-10-31-18/h3-7,9,11-13,18H,8,10,14H2,1-2H3. The molecule has 0 bridgehead atoms. The smallest absolute Gasteiger partial charge is 0.258 e. The molecule has 4 aromatic rings. The third-order valence-corrected chi connectivity index (χ3v) is 5.78. The van der Waals surface area contributed by atoms with Crippen LogP contribution >= 0.6 is 0 Å². The van der Waals surface area contributed by atoms with E-state index in [-0.39, 0.29) is 17.6 Å². The molecule has 1 atom stereocenters. The molecule has 1 aliphatic heterocycles. The van der Waals surface area contributed by atoms with E-state index in [1.807, 2.05) is 30.3 Å². The molecule has 3 heterocycles. The van der Waals surface area contributed by atoms with Crippen LogP contribution in [0.4, 0.5) is 0 Å². The molecule has 31 heavy (non-hydrogen) atoms. The number of hydrogen-bond acceptors (Lipinski definition) is 5. The lowest BCUT2D eigenvalue weighted by molar-refractivity contribution is -0.0603.